The Morgan fingerprint density at radius 1 is 1.00 bits per heavy atom. The Bertz CT molecular complexity index is 1190. The van der Waals surface area contributed by atoms with Gasteiger partial charge in [-0.05, 0) is 55.2 Å². The van der Waals surface area contributed by atoms with Gasteiger partial charge in [0.05, 0.1) is 12.6 Å². The SMILES string of the molecule is CCN(C(=O)CNC(=O)[C@H](CC[S@@](C)=O)NC(=O)[C@H](N)Cc1ccc(O)cc1)[C@H](Cc1ccc(F)cc1)C(N)=O. The van der Waals surface area contributed by atoms with Gasteiger partial charge in [0.2, 0.25) is 23.6 Å². The van der Waals surface area contributed by atoms with Crippen molar-refractivity contribution >= 4 is 34.4 Å². The number of phenolic OH excluding ortho intramolecular Hbond substituents is 1. The molecule has 0 heterocycles. The van der Waals surface area contributed by atoms with Crippen LogP contribution in [-0.4, -0.2) is 81.1 Å². The zero-order valence-corrected chi connectivity index (χ0v) is 23.3. The molecule has 0 spiro atoms. The first kappa shape index (κ1) is 32.4. The molecule has 0 fully saturated rings. The molecule has 0 aliphatic carbocycles. The summed E-state index contributed by atoms with van der Waals surface area (Å²) in [5.74, 6) is -2.92. The van der Waals surface area contributed by atoms with E-state index in [1.165, 1.54) is 47.6 Å². The van der Waals surface area contributed by atoms with Gasteiger partial charge in [-0.2, -0.15) is 0 Å². The van der Waals surface area contributed by atoms with Gasteiger partial charge in [0, 0.05) is 35.8 Å². The molecule has 2 aromatic rings. The van der Waals surface area contributed by atoms with Crippen LogP contribution in [0.4, 0.5) is 4.39 Å². The minimum Gasteiger partial charge on any atom is -0.508 e. The van der Waals surface area contributed by atoms with Gasteiger partial charge in [0.1, 0.15) is 23.7 Å². The maximum absolute atomic E-state index is 13.3. The molecule has 0 unspecified atom stereocenters. The van der Waals surface area contributed by atoms with Crippen LogP contribution in [0, 0.1) is 5.82 Å². The summed E-state index contributed by atoms with van der Waals surface area (Å²) in [4.78, 5) is 52.1. The summed E-state index contributed by atoms with van der Waals surface area (Å²) in [6.07, 6.45) is 1.70. The summed E-state index contributed by atoms with van der Waals surface area (Å²) in [6, 6.07) is 8.46. The van der Waals surface area contributed by atoms with Gasteiger partial charge < -0.3 is 32.1 Å². The number of nitrogens with zero attached hydrogens (tertiary/aromatic N) is 1. The van der Waals surface area contributed by atoms with E-state index < -0.39 is 64.9 Å². The maximum Gasteiger partial charge on any atom is 0.243 e. The first-order valence-corrected chi connectivity index (χ1v) is 14.4. The standard InChI is InChI=1S/C27H36FN5O6S/c1-3-33(23(25(30)36)15-18-4-8-19(28)9-5-18)24(35)16-31-27(38)22(12-13-40(2)39)32-26(37)21(29)14-17-6-10-20(34)11-7-17/h4-11,21-23,34H,3,12-16,29H2,1-2H3,(H2,30,36)(H,31,38)(H,32,37)/t21-,22+,23-,40-/m1/s1. The number of hydrogen-bond donors (Lipinski definition) is 5. The number of carbonyl (C=O) groups excluding carboxylic acids is 4. The van der Waals surface area contributed by atoms with Crippen molar-refractivity contribution in [1.29, 1.82) is 0 Å². The highest BCUT2D eigenvalue weighted by molar-refractivity contribution is 7.84. The van der Waals surface area contributed by atoms with Crippen LogP contribution in [-0.2, 0) is 42.8 Å². The van der Waals surface area contributed by atoms with E-state index in [4.69, 9.17) is 11.5 Å². The van der Waals surface area contributed by atoms with Crippen molar-refractivity contribution in [2.24, 2.45) is 11.5 Å². The normalized spacial score (nSPS) is 13.9. The molecule has 0 saturated heterocycles. The van der Waals surface area contributed by atoms with Crippen molar-refractivity contribution in [2.75, 3.05) is 25.1 Å². The molecule has 2 aromatic carbocycles. The molecule has 4 atom stereocenters. The number of likely N-dealkylation sites (N-methyl/N-ethyl adjacent to an activating group) is 1. The van der Waals surface area contributed by atoms with Gasteiger partial charge in [0.25, 0.3) is 0 Å². The second-order valence-corrected chi connectivity index (χ2v) is 10.8. The molecular weight excluding hydrogens is 541 g/mol. The number of hydrogen-bond acceptors (Lipinski definition) is 7. The Morgan fingerprint density at radius 2 is 1.57 bits per heavy atom. The molecule has 2 rings (SSSR count). The Labute approximate surface area is 234 Å². The lowest BCUT2D eigenvalue weighted by Gasteiger charge is -2.29. The topological polar surface area (TPSA) is 185 Å². The number of carbonyl (C=O) groups is 4. The fourth-order valence-corrected chi connectivity index (χ4v) is 4.54. The van der Waals surface area contributed by atoms with E-state index in [1.54, 1.807) is 19.1 Å². The van der Waals surface area contributed by atoms with Crippen molar-refractivity contribution in [3.05, 3.63) is 65.5 Å². The van der Waals surface area contributed by atoms with Gasteiger partial charge in [-0.3, -0.25) is 23.4 Å². The third kappa shape index (κ3) is 10.4. The van der Waals surface area contributed by atoms with Crippen molar-refractivity contribution < 1.29 is 32.9 Å². The summed E-state index contributed by atoms with van der Waals surface area (Å²) < 4.78 is 24.9. The average molecular weight is 578 g/mol. The zero-order valence-electron chi connectivity index (χ0n) is 22.5. The highest BCUT2D eigenvalue weighted by Crippen LogP contribution is 2.12. The van der Waals surface area contributed by atoms with E-state index in [0.29, 0.717) is 11.1 Å². The van der Waals surface area contributed by atoms with E-state index in [9.17, 15) is 32.9 Å². The Balaban J connectivity index is 2.05. The van der Waals surface area contributed by atoms with Gasteiger partial charge in [-0.15, -0.1) is 0 Å². The average Bonchev–Trinajstić information content (AvgIpc) is 2.91. The molecule has 218 valence electrons. The number of halogens is 1. The van der Waals surface area contributed by atoms with Crippen molar-refractivity contribution in [3.63, 3.8) is 0 Å². The van der Waals surface area contributed by atoms with E-state index in [1.807, 2.05) is 0 Å². The van der Waals surface area contributed by atoms with Crippen molar-refractivity contribution in [3.8, 4) is 5.75 Å². The second-order valence-electron chi connectivity index (χ2n) is 9.25. The highest BCUT2D eigenvalue weighted by Gasteiger charge is 2.29. The van der Waals surface area contributed by atoms with Crippen LogP contribution in [0.2, 0.25) is 0 Å². The molecule has 0 bridgehead atoms. The molecule has 0 saturated carbocycles. The zero-order chi connectivity index (χ0) is 29.8. The summed E-state index contributed by atoms with van der Waals surface area (Å²) >= 11 is 0. The first-order valence-electron chi connectivity index (χ1n) is 12.7. The smallest absolute Gasteiger partial charge is 0.243 e. The molecule has 11 nitrogen and oxygen atoms in total. The minimum atomic E-state index is -1.25. The third-order valence-corrected chi connectivity index (χ3v) is 6.99. The summed E-state index contributed by atoms with van der Waals surface area (Å²) in [7, 11) is -1.25. The summed E-state index contributed by atoms with van der Waals surface area (Å²) in [6.45, 7) is 1.28. The van der Waals surface area contributed by atoms with E-state index in [0.717, 1.165) is 0 Å². The Kier molecular flexibility index (Phi) is 12.7. The van der Waals surface area contributed by atoms with Gasteiger partial charge in [0.15, 0.2) is 0 Å². The van der Waals surface area contributed by atoms with E-state index in [2.05, 4.69) is 10.6 Å². The van der Waals surface area contributed by atoms with Crippen LogP contribution in [0.25, 0.3) is 0 Å². The molecule has 4 amide bonds. The highest BCUT2D eigenvalue weighted by atomic mass is 32.2. The number of nitrogens with one attached hydrogen (secondary N) is 2. The molecule has 7 N–H and O–H groups in total. The minimum absolute atomic E-state index is 0.0345. The lowest BCUT2D eigenvalue weighted by molar-refractivity contribution is -0.139. The predicted molar refractivity (Wildman–Crippen MR) is 149 cm³/mol. The van der Waals surface area contributed by atoms with Crippen LogP contribution in [0.3, 0.4) is 0 Å². The number of rotatable bonds is 15. The number of phenols is 1. The van der Waals surface area contributed by atoms with Crippen molar-refractivity contribution in [2.45, 2.75) is 44.3 Å². The van der Waals surface area contributed by atoms with Crippen LogP contribution < -0.4 is 22.1 Å². The second kappa shape index (κ2) is 15.7. The van der Waals surface area contributed by atoms with Gasteiger partial charge in [-0.25, -0.2) is 4.39 Å². The van der Waals surface area contributed by atoms with Gasteiger partial charge in [-0.1, -0.05) is 24.3 Å². The maximum atomic E-state index is 13.3. The van der Waals surface area contributed by atoms with Crippen LogP contribution in [0.5, 0.6) is 5.75 Å². The number of nitrogens with two attached hydrogens (primary N) is 2. The Hall–Kier alpha value is -3.84. The molecule has 13 heteroatoms. The summed E-state index contributed by atoms with van der Waals surface area (Å²) in [5.41, 5.74) is 12.9. The first-order chi connectivity index (χ1) is 18.9. The molecule has 0 radical (unpaired) electrons. The molecule has 0 aliphatic heterocycles. The fraction of sp³-hybridized carbons (Fsp3) is 0.407. The van der Waals surface area contributed by atoms with Crippen molar-refractivity contribution in [1.82, 2.24) is 15.5 Å². The lowest BCUT2D eigenvalue weighted by atomic mass is 10.0. The number of benzene rings is 2. The van der Waals surface area contributed by atoms with Gasteiger partial charge >= 0.3 is 0 Å². The Morgan fingerprint density at radius 3 is 2.12 bits per heavy atom. The largest absolute Gasteiger partial charge is 0.508 e. The lowest BCUT2D eigenvalue weighted by Crippen LogP contribution is -2.55. The van der Waals surface area contributed by atoms with E-state index >= 15 is 0 Å². The molecular formula is C27H36FN5O6S. The van der Waals surface area contributed by atoms with Crippen LogP contribution >= 0.6 is 0 Å². The monoisotopic (exact) mass is 577 g/mol. The van der Waals surface area contributed by atoms with E-state index in [-0.39, 0.29) is 37.3 Å². The van der Waals surface area contributed by atoms with Crippen LogP contribution in [0.1, 0.15) is 24.5 Å². The third-order valence-electron chi connectivity index (χ3n) is 6.18. The summed E-state index contributed by atoms with van der Waals surface area (Å²) in [5, 5.41) is 14.4. The number of aromatic hydroxyl groups is 1. The molecule has 0 aliphatic rings. The number of primary amides is 1. The molecule has 40 heavy (non-hydrogen) atoms. The predicted octanol–water partition coefficient (Wildman–Crippen LogP) is -0.284. The molecule has 0 aromatic heterocycles. The van der Waals surface area contributed by atoms with Crippen LogP contribution in [0.15, 0.2) is 48.5 Å². The quantitative estimate of drug-likeness (QED) is 0.193. The number of amides is 4. The fourth-order valence-electron chi connectivity index (χ4n) is 3.98.